The lowest BCUT2D eigenvalue weighted by Gasteiger charge is -2.18. The molecule has 0 radical (unpaired) electrons. The van der Waals surface area contributed by atoms with Crippen LogP contribution in [-0.4, -0.2) is 13.1 Å². The fourth-order valence-corrected chi connectivity index (χ4v) is 2.76. The summed E-state index contributed by atoms with van der Waals surface area (Å²) in [7, 11) is 0. The van der Waals surface area contributed by atoms with Crippen LogP contribution in [-0.2, 0) is 6.42 Å². The maximum atomic E-state index is 6.24. The standard InChI is InChI=1S/C15H21Cl2N/c1-11(2)9-18-10-15(5-6-15)8-12-3-4-13(16)7-14(12)17/h3-4,7,11,18H,5-6,8-10H2,1-2H3. The highest BCUT2D eigenvalue weighted by molar-refractivity contribution is 6.35. The highest BCUT2D eigenvalue weighted by Gasteiger charge is 2.42. The summed E-state index contributed by atoms with van der Waals surface area (Å²) in [6, 6.07) is 5.84. The summed E-state index contributed by atoms with van der Waals surface area (Å²) < 4.78 is 0. The van der Waals surface area contributed by atoms with E-state index >= 15 is 0 Å². The molecule has 1 N–H and O–H groups in total. The van der Waals surface area contributed by atoms with Gasteiger partial charge in [-0.25, -0.2) is 0 Å². The Morgan fingerprint density at radius 1 is 1.28 bits per heavy atom. The van der Waals surface area contributed by atoms with E-state index in [1.165, 1.54) is 18.4 Å². The zero-order chi connectivity index (χ0) is 13.2. The SMILES string of the molecule is CC(C)CNCC1(Cc2ccc(Cl)cc2Cl)CC1. The predicted molar refractivity (Wildman–Crippen MR) is 79.5 cm³/mol. The van der Waals surface area contributed by atoms with Gasteiger partial charge in [0, 0.05) is 16.6 Å². The Morgan fingerprint density at radius 2 is 2.00 bits per heavy atom. The molecule has 0 aliphatic heterocycles. The number of nitrogens with one attached hydrogen (secondary N) is 1. The van der Waals surface area contributed by atoms with Crippen LogP contribution in [0.5, 0.6) is 0 Å². The molecule has 1 fully saturated rings. The van der Waals surface area contributed by atoms with Gasteiger partial charge in [-0.15, -0.1) is 0 Å². The molecule has 0 spiro atoms. The van der Waals surface area contributed by atoms with Crippen LogP contribution in [0.15, 0.2) is 18.2 Å². The van der Waals surface area contributed by atoms with Gasteiger partial charge < -0.3 is 5.32 Å². The van der Waals surface area contributed by atoms with Crippen molar-refractivity contribution in [2.45, 2.75) is 33.1 Å². The summed E-state index contributed by atoms with van der Waals surface area (Å²) in [5.74, 6) is 0.708. The molecule has 100 valence electrons. The third kappa shape index (κ3) is 3.88. The second-order valence-electron chi connectivity index (χ2n) is 5.94. The van der Waals surface area contributed by atoms with Gasteiger partial charge in [0.25, 0.3) is 0 Å². The lowest BCUT2D eigenvalue weighted by molar-refractivity contribution is 0.432. The van der Waals surface area contributed by atoms with E-state index in [4.69, 9.17) is 23.2 Å². The molecular formula is C15H21Cl2N. The quantitative estimate of drug-likeness (QED) is 0.808. The molecule has 0 amide bonds. The molecule has 1 aromatic rings. The molecule has 1 aliphatic rings. The second kappa shape index (κ2) is 5.81. The lowest BCUT2D eigenvalue weighted by atomic mass is 9.96. The minimum absolute atomic E-state index is 0.437. The Morgan fingerprint density at radius 3 is 2.56 bits per heavy atom. The van der Waals surface area contributed by atoms with Crippen LogP contribution in [0, 0.1) is 11.3 Å². The average Bonchev–Trinajstić information content (AvgIpc) is 3.02. The first-order chi connectivity index (χ1) is 8.51. The number of rotatable bonds is 6. The molecule has 18 heavy (non-hydrogen) atoms. The van der Waals surface area contributed by atoms with Crippen molar-refractivity contribution in [3.8, 4) is 0 Å². The van der Waals surface area contributed by atoms with E-state index in [1.54, 1.807) is 0 Å². The number of hydrogen-bond acceptors (Lipinski definition) is 1. The van der Waals surface area contributed by atoms with E-state index in [2.05, 4.69) is 25.2 Å². The maximum Gasteiger partial charge on any atom is 0.0453 e. The van der Waals surface area contributed by atoms with Crippen molar-refractivity contribution in [2.75, 3.05) is 13.1 Å². The first-order valence-electron chi connectivity index (χ1n) is 6.65. The van der Waals surface area contributed by atoms with Crippen molar-refractivity contribution in [1.82, 2.24) is 5.32 Å². The molecule has 1 saturated carbocycles. The van der Waals surface area contributed by atoms with Crippen molar-refractivity contribution < 1.29 is 0 Å². The largest absolute Gasteiger partial charge is 0.316 e. The summed E-state index contributed by atoms with van der Waals surface area (Å²) in [6.07, 6.45) is 3.67. The molecule has 0 atom stereocenters. The first-order valence-corrected chi connectivity index (χ1v) is 7.41. The van der Waals surface area contributed by atoms with Crippen molar-refractivity contribution in [2.24, 2.45) is 11.3 Å². The molecule has 0 saturated heterocycles. The van der Waals surface area contributed by atoms with Crippen LogP contribution in [0.4, 0.5) is 0 Å². The molecule has 1 aromatic carbocycles. The minimum Gasteiger partial charge on any atom is -0.316 e. The summed E-state index contributed by atoms with van der Waals surface area (Å²) in [6.45, 7) is 6.67. The van der Waals surface area contributed by atoms with Gasteiger partial charge in [0.15, 0.2) is 0 Å². The normalized spacial score (nSPS) is 17.2. The topological polar surface area (TPSA) is 12.0 Å². The molecule has 3 heteroatoms. The number of halogens is 2. The zero-order valence-electron chi connectivity index (χ0n) is 11.1. The van der Waals surface area contributed by atoms with E-state index in [0.717, 1.165) is 24.5 Å². The fraction of sp³-hybridized carbons (Fsp3) is 0.600. The van der Waals surface area contributed by atoms with Gasteiger partial charge in [-0.05, 0) is 54.8 Å². The minimum atomic E-state index is 0.437. The molecule has 1 nitrogen and oxygen atoms in total. The fourth-order valence-electron chi connectivity index (χ4n) is 2.29. The lowest BCUT2D eigenvalue weighted by Crippen LogP contribution is -2.28. The van der Waals surface area contributed by atoms with Gasteiger partial charge in [0.2, 0.25) is 0 Å². The summed E-state index contributed by atoms with van der Waals surface area (Å²) >= 11 is 12.2. The average molecular weight is 286 g/mol. The van der Waals surface area contributed by atoms with E-state index < -0.39 is 0 Å². The third-order valence-corrected chi connectivity index (χ3v) is 4.18. The van der Waals surface area contributed by atoms with Crippen molar-refractivity contribution in [1.29, 1.82) is 0 Å². The van der Waals surface area contributed by atoms with Crippen LogP contribution in [0.2, 0.25) is 10.0 Å². The Balaban J connectivity index is 1.92. The molecule has 0 heterocycles. The van der Waals surface area contributed by atoms with Crippen LogP contribution in [0.25, 0.3) is 0 Å². The van der Waals surface area contributed by atoms with E-state index in [1.807, 2.05) is 12.1 Å². The highest BCUT2D eigenvalue weighted by atomic mass is 35.5. The Bertz CT molecular complexity index is 411. The molecule has 1 aliphatic carbocycles. The highest BCUT2D eigenvalue weighted by Crippen LogP contribution is 2.48. The van der Waals surface area contributed by atoms with E-state index in [-0.39, 0.29) is 0 Å². The van der Waals surface area contributed by atoms with Crippen LogP contribution < -0.4 is 5.32 Å². The van der Waals surface area contributed by atoms with Gasteiger partial charge in [-0.2, -0.15) is 0 Å². The van der Waals surface area contributed by atoms with E-state index in [9.17, 15) is 0 Å². The third-order valence-electron chi connectivity index (χ3n) is 3.59. The Hall–Kier alpha value is -0.240. The predicted octanol–water partition coefficient (Wildman–Crippen LogP) is 4.56. The first kappa shape index (κ1) is 14.2. The Kier molecular flexibility index (Phi) is 4.58. The molecule has 0 bridgehead atoms. The smallest absolute Gasteiger partial charge is 0.0453 e. The summed E-state index contributed by atoms with van der Waals surface area (Å²) in [5.41, 5.74) is 1.66. The number of benzene rings is 1. The molecule has 2 rings (SSSR count). The van der Waals surface area contributed by atoms with Gasteiger partial charge in [0.1, 0.15) is 0 Å². The van der Waals surface area contributed by atoms with Crippen molar-refractivity contribution in [3.63, 3.8) is 0 Å². The van der Waals surface area contributed by atoms with Gasteiger partial charge in [0.05, 0.1) is 0 Å². The monoisotopic (exact) mass is 285 g/mol. The van der Waals surface area contributed by atoms with Crippen LogP contribution in [0.1, 0.15) is 32.3 Å². The summed E-state index contributed by atoms with van der Waals surface area (Å²) in [5, 5.41) is 5.09. The van der Waals surface area contributed by atoms with Crippen molar-refractivity contribution >= 4 is 23.2 Å². The number of hydrogen-bond donors (Lipinski definition) is 1. The van der Waals surface area contributed by atoms with Crippen molar-refractivity contribution in [3.05, 3.63) is 33.8 Å². The second-order valence-corrected chi connectivity index (χ2v) is 6.78. The van der Waals surface area contributed by atoms with Gasteiger partial charge in [-0.3, -0.25) is 0 Å². The van der Waals surface area contributed by atoms with Crippen LogP contribution >= 0.6 is 23.2 Å². The van der Waals surface area contributed by atoms with Crippen LogP contribution in [0.3, 0.4) is 0 Å². The van der Waals surface area contributed by atoms with Gasteiger partial charge >= 0.3 is 0 Å². The summed E-state index contributed by atoms with van der Waals surface area (Å²) in [4.78, 5) is 0. The van der Waals surface area contributed by atoms with E-state index in [0.29, 0.717) is 16.4 Å². The molecular weight excluding hydrogens is 265 g/mol. The Labute approximate surface area is 120 Å². The zero-order valence-corrected chi connectivity index (χ0v) is 12.6. The maximum absolute atomic E-state index is 6.24. The molecule has 0 unspecified atom stereocenters. The van der Waals surface area contributed by atoms with Gasteiger partial charge in [-0.1, -0.05) is 43.1 Å². The molecule has 0 aromatic heterocycles.